The number of hydrogen-bond acceptors (Lipinski definition) is 5. The van der Waals surface area contributed by atoms with Crippen molar-refractivity contribution in [1.29, 1.82) is 0 Å². The van der Waals surface area contributed by atoms with Gasteiger partial charge in [-0.2, -0.15) is 0 Å². The van der Waals surface area contributed by atoms with Crippen molar-refractivity contribution >= 4 is 5.91 Å². The molecular formula is C24H30N2O4. The Balaban J connectivity index is 1.62. The molecular weight excluding hydrogens is 380 g/mol. The van der Waals surface area contributed by atoms with Crippen LogP contribution in [-0.2, 0) is 16.0 Å². The fourth-order valence-corrected chi connectivity index (χ4v) is 3.47. The van der Waals surface area contributed by atoms with Crippen molar-refractivity contribution in [3.8, 4) is 11.5 Å². The van der Waals surface area contributed by atoms with Crippen molar-refractivity contribution in [1.82, 2.24) is 10.2 Å². The third-order valence-corrected chi connectivity index (χ3v) is 5.05. The zero-order chi connectivity index (χ0) is 21.2. The molecule has 3 rings (SSSR count). The standard InChI is InChI=1S/C24H30N2O4/c1-3-7-19-10-11-22(23(16-19)28-2)30-18-24(27)25-21(20-8-5-4-6-9-20)17-26-12-14-29-15-13-26/h3-6,8-11,16,21H,1,7,12-15,17-18H2,2H3,(H,25,27). The van der Waals surface area contributed by atoms with Crippen molar-refractivity contribution in [2.45, 2.75) is 12.5 Å². The van der Waals surface area contributed by atoms with Crippen molar-refractivity contribution < 1.29 is 19.0 Å². The van der Waals surface area contributed by atoms with Gasteiger partial charge in [0.1, 0.15) is 0 Å². The number of allylic oxidation sites excluding steroid dienone is 1. The van der Waals surface area contributed by atoms with Crippen LogP contribution in [0, 0.1) is 0 Å². The Kier molecular flexibility index (Phi) is 8.30. The molecule has 0 saturated carbocycles. The van der Waals surface area contributed by atoms with Crippen LogP contribution in [-0.4, -0.2) is 57.4 Å². The van der Waals surface area contributed by atoms with E-state index in [1.54, 1.807) is 7.11 Å². The highest BCUT2D eigenvalue weighted by atomic mass is 16.5. The Labute approximate surface area is 178 Å². The number of nitrogens with zero attached hydrogens (tertiary/aromatic N) is 1. The summed E-state index contributed by atoms with van der Waals surface area (Å²) in [7, 11) is 1.59. The molecule has 1 aliphatic rings. The molecule has 1 atom stereocenters. The van der Waals surface area contributed by atoms with E-state index in [4.69, 9.17) is 14.2 Å². The third kappa shape index (κ3) is 6.34. The first kappa shape index (κ1) is 21.9. The largest absolute Gasteiger partial charge is 0.493 e. The van der Waals surface area contributed by atoms with Crippen LogP contribution >= 0.6 is 0 Å². The van der Waals surface area contributed by atoms with Gasteiger partial charge in [-0.15, -0.1) is 6.58 Å². The second kappa shape index (κ2) is 11.4. The van der Waals surface area contributed by atoms with Gasteiger partial charge in [0, 0.05) is 19.6 Å². The number of carbonyl (C=O) groups is 1. The normalized spacial score (nSPS) is 15.2. The van der Waals surface area contributed by atoms with Crippen molar-refractivity contribution in [3.05, 3.63) is 72.3 Å². The summed E-state index contributed by atoms with van der Waals surface area (Å²) in [5, 5.41) is 3.12. The Bertz CT molecular complexity index is 819. The van der Waals surface area contributed by atoms with Crippen LogP contribution in [0.3, 0.4) is 0 Å². The summed E-state index contributed by atoms with van der Waals surface area (Å²) >= 11 is 0. The first-order valence-corrected chi connectivity index (χ1v) is 10.2. The van der Waals surface area contributed by atoms with Gasteiger partial charge in [0.15, 0.2) is 18.1 Å². The lowest BCUT2D eigenvalue weighted by atomic mass is 10.1. The van der Waals surface area contributed by atoms with Crippen molar-refractivity contribution in [2.75, 3.05) is 46.6 Å². The van der Waals surface area contributed by atoms with Crippen LogP contribution in [0.15, 0.2) is 61.2 Å². The van der Waals surface area contributed by atoms with Gasteiger partial charge < -0.3 is 19.5 Å². The minimum Gasteiger partial charge on any atom is -0.493 e. The Morgan fingerprint density at radius 2 is 1.97 bits per heavy atom. The summed E-state index contributed by atoms with van der Waals surface area (Å²) < 4.78 is 16.6. The fraction of sp³-hybridized carbons (Fsp3) is 0.375. The number of morpholine rings is 1. The zero-order valence-electron chi connectivity index (χ0n) is 17.5. The Morgan fingerprint density at radius 3 is 2.67 bits per heavy atom. The predicted molar refractivity (Wildman–Crippen MR) is 117 cm³/mol. The molecule has 1 N–H and O–H groups in total. The Hall–Kier alpha value is -2.83. The number of amides is 1. The highest BCUT2D eigenvalue weighted by Gasteiger charge is 2.20. The molecule has 0 aromatic heterocycles. The summed E-state index contributed by atoms with van der Waals surface area (Å²) in [6, 6.07) is 15.6. The maximum atomic E-state index is 12.7. The highest BCUT2D eigenvalue weighted by molar-refractivity contribution is 5.78. The van der Waals surface area contributed by atoms with Gasteiger partial charge in [0.2, 0.25) is 0 Å². The molecule has 160 valence electrons. The van der Waals surface area contributed by atoms with Gasteiger partial charge in [-0.1, -0.05) is 42.5 Å². The molecule has 0 spiro atoms. The number of carbonyl (C=O) groups excluding carboxylic acids is 1. The van der Waals surface area contributed by atoms with E-state index in [0.29, 0.717) is 11.5 Å². The zero-order valence-corrected chi connectivity index (χ0v) is 17.5. The molecule has 1 saturated heterocycles. The maximum absolute atomic E-state index is 12.7. The summed E-state index contributed by atoms with van der Waals surface area (Å²) in [4.78, 5) is 15.0. The Morgan fingerprint density at radius 1 is 1.20 bits per heavy atom. The number of nitrogens with one attached hydrogen (secondary N) is 1. The van der Waals surface area contributed by atoms with Crippen LogP contribution in [0.2, 0.25) is 0 Å². The molecule has 1 unspecified atom stereocenters. The van der Waals surface area contributed by atoms with Gasteiger partial charge in [-0.25, -0.2) is 0 Å². The lowest BCUT2D eigenvalue weighted by Gasteiger charge is -2.31. The highest BCUT2D eigenvalue weighted by Crippen LogP contribution is 2.28. The second-order valence-corrected chi connectivity index (χ2v) is 7.21. The molecule has 0 radical (unpaired) electrons. The molecule has 6 heteroatoms. The first-order chi connectivity index (χ1) is 14.7. The quantitative estimate of drug-likeness (QED) is 0.610. The summed E-state index contributed by atoms with van der Waals surface area (Å²) in [6.45, 7) is 7.58. The van der Waals surface area contributed by atoms with Crippen LogP contribution in [0.5, 0.6) is 11.5 Å². The van der Waals surface area contributed by atoms with Gasteiger partial charge >= 0.3 is 0 Å². The lowest BCUT2D eigenvalue weighted by Crippen LogP contribution is -2.44. The number of rotatable bonds is 10. The van der Waals surface area contributed by atoms with E-state index in [-0.39, 0.29) is 18.6 Å². The van der Waals surface area contributed by atoms with Gasteiger partial charge in [-0.3, -0.25) is 9.69 Å². The van der Waals surface area contributed by atoms with Crippen molar-refractivity contribution in [3.63, 3.8) is 0 Å². The lowest BCUT2D eigenvalue weighted by molar-refractivity contribution is -0.124. The van der Waals surface area contributed by atoms with Crippen LogP contribution in [0.4, 0.5) is 0 Å². The molecule has 6 nitrogen and oxygen atoms in total. The smallest absolute Gasteiger partial charge is 0.258 e. The van der Waals surface area contributed by atoms with E-state index >= 15 is 0 Å². The molecule has 0 bridgehead atoms. The average molecular weight is 411 g/mol. The first-order valence-electron chi connectivity index (χ1n) is 10.2. The number of benzene rings is 2. The van der Waals surface area contributed by atoms with E-state index < -0.39 is 0 Å². The van der Waals surface area contributed by atoms with Crippen molar-refractivity contribution in [2.24, 2.45) is 0 Å². The van der Waals surface area contributed by atoms with E-state index in [1.165, 1.54) is 0 Å². The third-order valence-electron chi connectivity index (χ3n) is 5.05. The van der Waals surface area contributed by atoms with E-state index in [2.05, 4.69) is 16.8 Å². The van der Waals surface area contributed by atoms with Crippen LogP contribution in [0.25, 0.3) is 0 Å². The van der Waals surface area contributed by atoms with E-state index in [9.17, 15) is 4.79 Å². The number of methoxy groups -OCH3 is 1. The molecule has 30 heavy (non-hydrogen) atoms. The minimum atomic E-state index is -0.172. The SMILES string of the molecule is C=CCc1ccc(OCC(=O)NC(CN2CCOCC2)c2ccccc2)c(OC)c1. The van der Waals surface area contributed by atoms with Crippen LogP contribution < -0.4 is 14.8 Å². The topological polar surface area (TPSA) is 60.0 Å². The fourth-order valence-electron chi connectivity index (χ4n) is 3.47. The minimum absolute atomic E-state index is 0.0798. The summed E-state index contributed by atoms with van der Waals surface area (Å²) in [5.41, 5.74) is 2.15. The second-order valence-electron chi connectivity index (χ2n) is 7.21. The maximum Gasteiger partial charge on any atom is 0.258 e. The van der Waals surface area contributed by atoms with Gasteiger partial charge in [0.05, 0.1) is 26.4 Å². The number of hydrogen-bond donors (Lipinski definition) is 1. The molecule has 1 aliphatic heterocycles. The van der Waals surface area contributed by atoms with Gasteiger partial charge in [0.25, 0.3) is 5.91 Å². The molecule has 0 aliphatic carbocycles. The molecule has 2 aromatic carbocycles. The number of ether oxygens (including phenoxy) is 3. The summed E-state index contributed by atoms with van der Waals surface area (Å²) in [6.07, 6.45) is 2.58. The van der Waals surface area contributed by atoms with E-state index in [0.717, 1.165) is 50.4 Å². The monoisotopic (exact) mass is 410 g/mol. The van der Waals surface area contributed by atoms with Crippen LogP contribution in [0.1, 0.15) is 17.2 Å². The molecule has 1 heterocycles. The molecule has 1 fully saturated rings. The average Bonchev–Trinajstić information content (AvgIpc) is 2.79. The predicted octanol–water partition coefficient (Wildman–Crippen LogP) is 2.99. The molecule has 2 aromatic rings. The van der Waals surface area contributed by atoms with Gasteiger partial charge in [-0.05, 0) is 29.7 Å². The summed E-state index contributed by atoms with van der Waals surface area (Å²) in [5.74, 6) is 0.981. The molecule has 1 amide bonds. The van der Waals surface area contributed by atoms with E-state index in [1.807, 2.05) is 54.6 Å².